The molecule has 1 atom stereocenters. The summed E-state index contributed by atoms with van der Waals surface area (Å²) in [6.45, 7) is 5.41. The van der Waals surface area contributed by atoms with Gasteiger partial charge in [-0.25, -0.2) is 8.42 Å². The van der Waals surface area contributed by atoms with Gasteiger partial charge in [0.1, 0.15) is 0 Å². The Morgan fingerprint density at radius 2 is 1.62 bits per heavy atom. The molecule has 0 aromatic heterocycles. The highest BCUT2D eigenvalue weighted by Gasteiger charge is 2.11. The molecule has 0 radical (unpaired) electrons. The Balaban J connectivity index is 1.77. The van der Waals surface area contributed by atoms with Crippen LogP contribution in [0.2, 0.25) is 0 Å². The van der Waals surface area contributed by atoms with E-state index in [1.807, 2.05) is 43.3 Å². The Morgan fingerprint density at radius 1 is 1.00 bits per heavy atom. The highest BCUT2D eigenvalue weighted by Crippen LogP contribution is 2.07. The highest BCUT2D eigenvalue weighted by atomic mass is 32.2. The molecule has 2 rings (SSSR count). The van der Waals surface area contributed by atoms with Crippen LogP contribution in [0.4, 0.5) is 0 Å². The van der Waals surface area contributed by atoms with Crippen LogP contribution in [0.5, 0.6) is 0 Å². The number of rotatable bonds is 11. The minimum absolute atomic E-state index is 0.0897. The second-order valence-electron chi connectivity index (χ2n) is 7.26. The molecular formula is C23H33N3O2S. The van der Waals surface area contributed by atoms with Crippen molar-refractivity contribution in [1.82, 2.24) is 10.6 Å². The van der Waals surface area contributed by atoms with Crippen molar-refractivity contribution in [2.45, 2.75) is 44.9 Å². The van der Waals surface area contributed by atoms with Crippen LogP contribution in [-0.2, 0) is 22.0 Å². The first-order valence-electron chi connectivity index (χ1n) is 10.3. The van der Waals surface area contributed by atoms with Crippen LogP contribution in [0.15, 0.2) is 65.7 Å². The smallest absolute Gasteiger partial charge is 0.191 e. The third-order valence-corrected chi connectivity index (χ3v) is 6.23. The largest absolute Gasteiger partial charge is 0.357 e. The molecule has 2 aromatic rings. The zero-order valence-electron chi connectivity index (χ0n) is 17.5. The van der Waals surface area contributed by atoms with E-state index < -0.39 is 9.84 Å². The second kappa shape index (κ2) is 12.3. The van der Waals surface area contributed by atoms with Crippen LogP contribution >= 0.6 is 0 Å². The summed E-state index contributed by atoms with van der Waals surface area (Å²) in [7, 11) is -3.12. The standard InChI is InChI=1S/C23H33N3O2S/c1-3-24-23(26-20(2)15-16-21-11-6-4-7-12-21)25-17-10-18-29(27,28)19-22-13-8-5-9-14-22/h4-9,11-14,20H,3,10,15-19H2,1-2H3,(H2,24,25,26). The van der Waals surface area contributed by atoms with Gasteiger partial charge in [-0.05, 0) is 44.2 Å². The fraction of sp³-hybridized carbons (Fsp3) is 0.435. The van der Waals surface area contributed by atoms with Crippen molar-refractivity contribution in [2.75, 3.05) is 18.8 Å². The van der Waals surface area contributed by atoms with Crippen molar-refractivity contribution in [1.29, 1.82) is 0 Å². The SMILES string of the molecule is CCNC(=NCCCS(=O)(=O)Cc1ccccc1)NC(C)CCc1ccccc1. The van der Waals surface area contributed by atoms with E-state index in [1.54, 1.807) is 0 Å². The zero-order valence-corrected chi connectivity index (χ0v) is 18.3. The lowest BCUT2D eigenvalue weighted by atomic mass is 10.1. The predicted octanol–water partition coefficient (Wildman–Crippen LogP) is 3.57. The molecule has 0 saturated heterocycles. The number of sulfone groups is 1. The van der Waals surface area contributed by atoms with Crippen molar-refractivity contribution in [3.63, 3.8) is 0 Å². The fourth-order valence-corrected chi connectivity index (χ4v) is 4.44. The third-order valence-electron chi connectivity index (χ3n) is 4.55. The molecule has 2 aromatic carbocycles. The van der Waals surface area contributed by atoms with E-state index in [0.717, 1.165) is 30.9 Å². The monoisotopic (exact) mass is 415 g/mol. The Labute approximate surface area is 175 Å². The molecule has 0 spiro atoms. The Kier molecular flexibility index (Phi) is 9.71. The van der Waals surface area contributed by atoms with Gasteiger partial charge in [0.15, 0.2) is 15.8 Å². The molecule has 0 heterocycles. The lowest BCUT2D eigenvalue weighted by Gasteiger charge is -2.18. The first-order chi connectivity index (χ1) is 14.0. The van der Waals surface area contributed by atoms with E-state index in [0.29, 0.717) is 13.0 Å². The van der Waals surface area contributed by atoms with E-state index in [4.69, 9.17) is 0 Å². The molecule has 5 nitrogen and oxygen atoms in total. The molecule has 0 aliphatic carbocycles. The number of aryl methyl sites for hydroxylation is 1. The first kappa shape index (κ1) is 22.9. The Morgan fingerprint density at radius 3 is 2.24 bits per heavy atom. The maximum Gasteiger partial charge on any atom is 0.191 e. The highest BCUT2D eigenvalue weighted by molar-refractivity contribution is 7.90. The molecule has 0 bridgehead atoms. The van der Waals surface area contributed by atoms with Gasteiger partial charge in [0.2, 0.25) is 0 Å². The summed E-state index contributed by atoms with van der Waals surface area (Å²) in [5.74, 6) is 0.981. The van der Waals surface area contributed by atoms with E-state index in [2.05, 4.69) is 46.8 Å². The molecule has 2 N–H and O–H groups in total. The summed E-state index contributed by atoms with van der Waals surface area (Å²) >= 11 is 0. The number of guanidine groups is 1. The summed E-state index contributed by atoms with van der Waals surface area (Å²) in [5.41, 5.74) is 2.16. The normalized spacial score (nSPS) is 13.1. The van der Waals surface area contributed by atoms with Crippen LogP contribution in [0.3, 0.4) is 0 Å². The van der Waals surface area contributed by atoms with Gasteiger partial charge in [0.05, 0.1) is 11.5 Å². The average molecular weight is 416 g/mol. The maximum atomic E-state index is 12.3. The predicted molar refractivity (Wildman–Crippen MR) is 122 cm³/mol. The number of hydrogen-bond acceptors (Lipinski definition) is 3. The number of nitrogens with zero attached hydrogens (tertiary/aromatic N) is 1. The number of benzene rings is 2. The van der Waals surface area contributed by atoms with Gasteiger partial charge in [0, 0.05) is 19.1 Å². The average Bonchev–Trinajstić information content (AvgIpc) is 2.71. The summed E-state index contributed by atoms with van der Waals surface area (Å²) in [4.78, 5) is 4.55. The number of nitrogens with one attached hydrogen (secondary N) is 2. The summed E-state index contributed by atoms with van der Waals surface area (Å²) in [6.07, 6.45) is 2.52. The van der Waals surface area contributed by atoms with Gasteiger partial charge in [-0.3, -0.25) is 4.99 Å². The van der Waals surface area contributed by atoms with Gasteiger partial charge < -0.3 is 10.6 Å². The van der Waals surface area contributed by atoms with Gasteiger partial charge in [-0.2, -0.15) is 0 Å². The van der Waals surface area contributed by atoms with Crippen molar-refractivity contribution in [3.05, 3.63) is 71.8 Å². The van der Waals surface area contributed by atoms with Crippen LogP contribution in [0.1, 0.15) is 37.8 Å². The molecule has 1 unspecified atom stereocenters. The fourth-order valence-electron chi connectivity index (χ4n) is 3.03. The molecule has 29 heavy (non-hydrogen) atoms. The van der Waals surface area contributed by atoms with Crippen molar-refractivity contribution < 1.29 is 8.42 Å². The van der Waals surface area contributed by atoms with Crippen LogP contribution < -0.4 is 10.6 Å². The van der Waals surface area contributed by atoms with Crippen LogP contribution in [0.25, 0.3) is 0 Å². The van der Waals surface area contributed by atoms with E-state index in [1.165, 1.54) is 5.56 Å². The summed E-state index contributed by atoms with van der Waals surface area (Å²) < 4.78 is 24.6. The summed E-state index contributed by atoms with van der Waals surface area (Å²) in [6, 6.07) is 20.0. The van der Waals surface area contributed by atoms with Gasteiger partial charge in [-0.1, -0.05) is 60.7 Å². The van der Waals surface area contributed by atoms with E-state index in [-0.39, 0.29) is 17.5 Å². The van der Waals surface area contributed by atoms with E-state index >= 15 is 0 Å². The van der Waals surface area contributed by atoms with Crippen molar-refractivity contribution in [2.24, 2.45) is 4.99 Å². The lowest BCUT2D eigenvalue weighted by Crippen LogP contribution is -2.42. The molecule has 0 aliphatic rings. The molecule has 6 heteroatoms. The van der Waals surface area contributed by atoms with Gasteiger partial charge in [0.25, 0.3) is 0 Å². The second-order valence-corrected chi connectivity index (χ2v) is 9.45. The topological polar surface area (TPSA) is 70.6 Å². The molecular weight excluding hydrogens is 382 g/mol. The minimum atomic E-state index is -3.12. The van der Waals surface area contributed by atoms with Crippen molar-refractivity contribution >= 4 is 15.8 Å². The molecule has 0 saturated carbocycles. The lowest BCUT2D eigenvalue weighted by molar-refractivity contribution is 0.589. The zero-order chi connectivity index (χ0) is 21.0. The molecule has 0 aliphatic heterocycles. The first-order valence-corrected chi connectivity index (χ1v) is 12.1. The van der Waals surface area contributed by atoms with E-state index in [9.17, 15) is 8.42 Å². The summed E-state index contributed by atoms with van der Waals surface area (Å²) in [5, 5.41) is 6.65. The molecule has 0 amide bonds. The molecule has 158 valence electrons. The third kappa shape index (κ3) is 9.61. The quantitative estimate of drug-likeness (QED) is 0.334. The van der Waals surface area contributed by atoms with Crippen LogP contribution in [0, 0.1) is 0 Å². The number of hydrogen-bond donors (Lipinski definition) is 2. The van der Waals surface area contributed by atoms with Crippen molar-refractivity contribution in [3.8, 4) is 0 Å². The maximum absolute atomic E-state index is 12.3. The number of aliphatic imine (C=N–C) groups is 1. The van der Waals surface area contributed by atoms with Gasteiger partial charge >= 0.3 is 0 Å². The van der Waals surface area contributed by atoms with Crippen LogP contribution in [-0.4, -0.2) is 39.3 Å². The Bertz CT molecular complexity index is 837. The minimum Gasteiger partial charge on any atom is -0.357 e. The molecule has 0 fully saturated rings. The van der Waals surface area contributed by atoms with Gasteiger partial charge in [-0.15, -0.1) is 0 Å². The Hall–Kier alpha value is -2.34.